The molecule has 3 rings (SSSR count). The van der Waals surface area contributed by atoms with Crippen molar-refractivity contribution in [2.75, 3.05) is 17.3 Å². The number of hydrogen-bond donors (Lipinski definition) is 2. The molecular formula is C23H20F3NO4S3. The Labute approximate surface area is 203 Å². The number of thioether (sulfide) groups is 2. The first-order valence-electron chi connectivity index (χ1n) is 9.83. The summed E-state index contributed by atoms with van der Waals surface area (Å²) in [5.74, 6) is -0.110. The molecule has 0 spiro atoms. The van der Waals surface area contributed by atoms with E-state index in [0.717, 1.165) is 16.7 Å². The Balaban J connectivity index is 1.53. The van der Waals surface area contributed by atoms with E-state index in [0.29, 0.717) is 17.7 Å². The molecule has 0 aromatic heterocycles. The monoisotopic (exact) mass is 527 g/mol. The summed E-state index contributed by atoms with van der Waals surface area (Å²) < 4.78 is 60.6. The van der Waals surface area contributed by atoms with E-state index in [4.69, 9.17) is 0 Å². The molecule has 0 heterocycles. The van der Waals surface area contributed by atoms with Gasteiger partial charge in [-0.3, -0.25) is 4.79 Å². The van der Waals surface area contributed by atoms with Crippen molar-refractivity contribution in [3.05, 3.63) is 77.9 Å². The second kappa shape index (κ2) is 10.7. The van der Waals surface area contributed by atoms with Crippen molar-refractivity contribution in [2.24, 2.45) is 0 Å². The van der Waals surface area contributed by atoms with Crippen LogP contribution in [0.4, 0.5) is 18.9 Å². The number of nitrogens with one attached hydrogen (secondary N) is 1. The number of anilines is 1. The zero-order valence-corrected chi connectivity index (χ0v) is 20.2. The molecule has 0 fully saturated rings. The van der Waals surface area contributed by atoms with Crippen LogP contribution in [0.3, 0.4) is 0 Å². The van der Waals surface area contributed by atoms with Crippen LogP contribution in [0.2, 0.25) is 0 Å². The first-order valence-corrected chi connectivity index (χ1v) is 13.5. The molecule has 0 aliphatic rings. The van der Waals surface area contributed by atoms with Gasteiger partial charge in [-0.05, 0) is 78.3 Å². The van der Waals surface area contributed by atoms with Gasteiger partial charge >= 0.3 is 5.51 Å². The number of sulfone groups is 1. The van der Waals surface area contributed by atoms with Gasteiger partial charge in [-0.2, -0.15) is 13.2 Å². The van der Waals surface area contributed by atoms with Gasteiger partial charge in [0.05, 0.1) is 0 Å². The van der Waals surface area contributed by atoms with E-state index in [1.165, 1.54) is 42.1 Å². The molecule has 11 heteroatoms. The third kappa shape index (κ3) is 7.71. The maximum absolute atomic E-state index is 12.5. The molecule has 5 nitrogen and oxygen atoms in total. The van der Waals surface area contributed by atoms with Gasteiger partial charge < -0.3 is 10.4 Å². The first-order chi connectivity index (χ1) is 15.9. The quantitative estimate of drug-likeness (QED) is 0.276. The second-order valence-corrected chi connectivity index (χ2v) is 11.5. The fourth-order valence-corrected chi connectivity index (χ4v) is 5.17. The molecule has 0 aliphatic heterocycles. The average molecular weight is 528 g/mol. The maximum Gasteiger partial charge on any atom is 0.446 e. The molecule has 180 valence electrons. The fraction of sp³-hybridized carbons (Fsp3) is 0.174. The summed E-state index contributed by atoms with van der Waals surface area (Å²) >= 11 is 1.38. The summed E-state index contributed by atoms with van der Waals surface area (Å²) in [4.78, 5) is 13.2. The predicted octanol–water partition coefficient (Wildman–Crippen LogP) is 5.99. The van der Waals surface area contributed by atoms with Crippen LogP contribution < -0.4 is 5.32 Å². The highest BCUT2D eigenvalue weighted by atomic mass is 32.2. The van der Waals surface area contributed by atoms with Gasteiger partial charge in [0, 0.05) is 33.1 Å². The maximum atomic E-state index is 12.5. The van der Waals surface area contributed by atoms with Crippen molar-refractivity contribution in [2.45, 2.75) is 26.6 Å². The lowest BCUT2D eigenvalue weighted by Gasteiger charge is -2.09. The Morgan fingerprint density at radius 2 is 1.59 bits per heavy atom. The van der Waals surface area contributed by atoms with Gasteiger partial charge in [-0.1, -0.05) is 12.1 Å². The SMILES string of the molecule is CS(=O)(=O)c1cc(NC(=O)c2ccc(CCSc3ccc(SC(F)(F)F)cc3)cc2)ccc1O. The molecule has 3 aromatic carbocycles. The van der Waals surface area contributed by atoms with Gasteiger partial charge in [0.1, 0.15) is 10.6 Å². The second-order valence-electron chi connectivity index (χ2n) is 7.22. The standard InChI is InChI=1S/C23H20F3NO4S3/c1-34(30,31)21-14-17(6-11-20(21)28)27-22(29)16-4-2-15(3-5-16)12-13-32-18-7-9-19(10-8-18)33-23(24,25)26/h2-11,14,28H,12-13H2,1H3,(H,27,29). The van der Waals surface area contributed by atoms with Gasteiger partial charge in [0.25, 0.3) is 5.91 Å². The summed E-state index contributed by atoms with van der Waals surface area (Å²) in [6.07, 6.45) is 1.66. The molecule has 2 N–H and O–H groups in total. The molecule has 1 amide bonds. The highest BCUT2D eigenvalue weighted by molar-refractivity contribution is 8.00. The molecule has 0 saturated heterocycles. The first kappa shape index (κ1) is 26.0. The Morgan fingerprint density at radius 3 is 2.18 bits per heavy atom. The van der Waals surface area contributed by atoms with Gasteiger partial charge in [-0.25, -0.2) is 8.42 Å². The van der Waals surface area contributed by atoms with E-state index < -0.39 is 21.3 Å². The van der Waals surface area contributed by atoms with Crippen LogP contribution in [0.5, 0.6) is 5.75 Å². The number of alkyl halides is 3. The summed E-state index contributed by atoms with van der Waals surface area (Å²) in [6, 6.07) is 16.9. The third-order valence-corrected chi connectivity index (χ3v) is 7.43. The summed E-state index contributed by atoms with van der Waals surface area (Å²) in [6.45, 7) is 0. The van der Waals surface area contributed by atoms with Crippen molar-refractivity contribution >= 4 is 45.0 Å². The molecule has 0 aliphatic carbocycles. The van der Waals surface area contributed by atoms with Crippen LogP contribution in [0.15, 0.2) is 81.4 Å². The smallest absolute Gasteiger partial charge is 0.446 e. The Morgan fingerprint density at radius 1 is 0.971 bits per heavy atom. The lowest BCUT2D eigenvalue weighted by atomic mass is 10.1. The predicted molar refractivity (Wildman–Crippen MR) is 128 cm³/mol. The van der Waals surface area contributed by atoms with Crippen molar-refractivity contribution < 1.29 is 31.5 Å². The number of aryl methyl sites for hydroxylation is 1. The van der Waals surface area contributed by atoms with Crippen molar-refractivity contribution in [1.29, 1.82) is 0 Å². The van der Waals surface area contributed by atoms with Crippen LogP contribution in [0.1, 0.15) is 15.9 Å². The Hall–Kier alpha value is -2.63. The fourth-order valence-electron chi connectivity index (χ4n) is 2.94. The zero-order valence-electron chi connectivity index (χ0n) is 17.8. The van der Waals surface area contributed by atoms with Crippen LogP contribution >= 0.6 is 23.5 Å². The highest BCUT2D eigenvalue weighted by Gasteiger charge is 2.29. The number of carbonyl (C=O) groups excluding carboxylic acids is 1. The zero-order chi connectivity index (χ0) is 24.9. The Bertz CT molecular complexity index is 1260. The van der Waals surface area contributed by atoms with E-state index in [2.05, 4.69) is 5.32 Å². The minimum atomic E-state index is -4.30. The lowest BCUT2D eigenvalue weighted by Crippen LogP contribution is -2.12. The number of rotatable bonds is 8. The average Bonchev–Trinajstić information content (AvgIpc) is 2.75. The number of amides is 1. The lowest BCUT2D eigenvalue weighted by molar-refractivity contribution is -0.0328. The van der Waals surface area contributed by atoms with Gasteiger partial charge in [0.15, 0.2) is 9.84 Å². The molecular weight excluding hydrogens is 507 g/mol. The van der Waals surface area contributed by atoms with E-state index in [1.807, 2.05) is 0 Å². The van der Waals surface area contributed by atoms with E-state index in [-0.39, 0.29) is 33.0 Å². The molecule has 0 atom stereocenters. The number of halogens is 3. The number of benzene rings is 3. The van der Waals surface area contributed by atoms with E-state index in [9.17, 15) is 31.5 Å². The summed E-state index contributed by atoms with van der Waals surface area (Å²) in [5, 5.41) is 12.3. The molecule has 0 unspecified atom stereocenters. The largest absolute Gasteiger partial charge is 0.507 e. The molecule has 0 bridgehead atoms. The topological polar surface area (TPSA) is 83.5 Å². The minimum absolute atomic E-state index is 0.143. The van der Waals surface area contributed by atoms with Gasteiger partial charge in [-0.15, -0.1) is 11.8 Å². The van der Waals surface area contributed by atoms with Crippen molar-refractivity contribution in [3.8, 4) is 5.75 Å². The normalized spacial score (nSPS) is 11.9. The van der Waals surface area contributed by atoms with Crippen LogP contribution in [0.25, 0.3) is 0 Å². The minimum Gasteiger partial charge on any atom is -0.507 e. The molecule has 34 heavy (non-hydrogen) atoms. The number of phenols is 1. The molecule has 0 radical (unpaired) electrons. The van der Waals surface area contributed by atoms with Crippen LogP contribution in [-0.4, -0.2) is 36.9 Å². The van der Waals surface area contributed by atoms with E-state index in [1.54, 1.807) is 36.4 Å². The van der Waals surface area contributed by atoms with Crippen molar-refractivity contribution in [3.63, 3.8) is 0 Å². The van der Waals surface area contributed by atoms with Crippen LogP contribution in [-0.2, 0) is 16.3 Å². The molecule has 3 aromatic rings. The third-order valence-electron chi connectivity index (χ3n) is 4.55. The number of hydrogen-bond acceptors (Lipinski definition) is 6. The number of carbonyl (C=O) groups is 1. The Kier molecular flexibility index (Phi) is 8.21. The number of aromatic hydroxyl groups is 1. The summed E-state index contributed by atoms with van der Waals surface area (Å²) in [5.41, 5.74) is -2.70. The van der Waals surface area contributed by atoms with Crippen LogP contribution in [0, 0.1) is 0 Å². The highest BCUT2D eigenvalue weighted by Crippen LogP contribution is 2.37. The summed E-state index contributed by atoms with van der Waals surface area (Å²) in [7, 11) is -3.65. The molecule has 0 saturated carbocycles. The van der Waals surface area contributed by atoms with E-state index >= 15 is 0 Å². The van der Waals surface area contributed by atoms with Gasteiger partial charge in [0.2, 0.25) is 0 Å². The number of phenolic OH excluding ortho intramolecular Hbond substituents is 1. The van der Waals surface area contributed by atoms with Crippen molar-refractivity contribution in [1.82, 2.24) is 0 Å².